The molecule has 0 saturated carbocycles. The summed E-state index contributed by atoms with van der Waals surface area (Å²) in [4.78, 5) is 29.9. The number of hydrogen-bond acceptors (Lipinski definition) is 6. The molecule has 1 aromatic carbocycles. The summed E-state index contributed by atoms with van der Waals surface area (Å²) in [7, 11) is 3.99. The normalized spacial score (nSPS) is 11.3. The topological polar surface area (TPSA) is 93.9 Å². The molecule has 0 aliphatic rings. The van der Waals surface area contributed by atoms with Crippen molar-refractivity contribution in [1.82, 2.24) is 4.98 Å². The van der Waals surface area contributed by atoms with Gasteiger partial charge in [-0.1, -0.05) is 17.4 Å². The molecule has 2 aromatic heterocycles. The van der Waals surface area contributed by atoms with Gasteiger partial charge in [-0.25, -0.2) is 9.37 Å². The highest BCUT2D eigenvalue weighted by Gasteiger charge is 2.26. The summed E-state index contributed by atoms with van der Waals surface area (Å²) >= 11 is 1.19. The highest BCUT2D eigenvalue weighted by molar-refractivity contribution is 7.22. The number of thiazole rings is 1. The second-order valence-electron chi connectivity index (χ2n) is 6.25. The Hall–Kier alpha value is -2.85. The van der Waals surface area contributed by atoms with Crippen LogP contribution < -0.4 is 9.80 Å². The van der Waals surface area contributed by atoms with E-state index in [0.29, 0.717) is 22.8 Å². The van der Waals surface area contributed by atoms with Gasteiger partial charge in [0.2, 0.25) is 0 Å². The van der Waals surface area contributed by atoms with Gasteiger partial charge in [0.1, 0.15) is 16.3 Å². The quantitative estimate of drug-likeness (QED) is 0.490. The monoisotopic (exact) mass is 393 g/mol. The van der Waals surface area contributed by atoms with E-state index in [2.05, 4.69) is 4.98 Å². The first-order valence-electron chi connectivity index (χ1n) is 8.27. The fourth-order valence-corrected chi connectivity index (χ4v) is 3.57. The molecule has 142 valence electrons. The SMILES string of the molecule is C[NH+](C)CCCN(C(=O)c1ccc([N+](=O)[O-])o1)c1nc2c(F)cccc2s1. The van der Waals surface area contributed by atoms with Crippen molar-refractivity contribution in [2.45, 2.75) is 6.42 Å². The zero-order valence-corrected chi connectivity index (χ0v) is 15.6. The number of benzene rings is 1. The van der Waals surface area contributed by atoms with E-state index in [1.165, 1.54) is 33.3 Å². The lowest BCUT2D eigenvalue weighted by Crippen LogP contribution is -3.05. The number of nitrogens with one attached hydrogen (secondary N) is 1. The third kappa shape index (κ3) is 4.12. The molecule has 0 radical (unpaired) electrons. The zero-order chi connectivity index (χ0) is 19.6. The van der Waals surface area contributed by atoms with Crippen LogP contribution >= 0.6 is 11.3 Å². The van der Waals surface area contributed by atoms with Crippen molar-refractivity contribution in [2.24, 2.45) is 0 Å². The van der Waals surface area contributed by atoms with Crippen LogP contribution in [0.2, 0.25) is 0 Å². The van der Waals surface area contributed by atoms with Gasteiger partial charge in [0, 0.05) is 13.0 Å². The highest BCUT2D eigenvalue weighted by Crippen LogP contribution is 2.31. The number of para-hydroxylation sites is 1. The molecule has 1 amide bonds. The molecule has 0 spiro atoms. The third-order valence-corrected chi connectivity index (χ3v) is 4.92. The Morgan fingerprint density at radius 3 is 2.78 bits per heavy atom. The number of hydrogen-bond donors (Lipinski definition) is 1. The minimum Gasteiger partial charge on any atom is -0.395 e. The molecule has 1 N–H and O–H groups in total. The summed E-state index contributed by atoms with van der Waals surface area (Å²) in [5.41, 5.74) is 0.193. The lowest BCUT2D eigenvalue weighted by Gasteiger charge is -2.19. The smallest absolute Gasteiger partial charge is 0.395 e. The number of carbonyl (C=O) groups excluding carboxylic acids is 1. The lowest BCUT2D eigenvalue weighted by molar-refractivity contribution is -0.858. The molecule has 0 fully saturated rings. The first-order chi connectivity index (χ1) is 12.9. The number of quaternary nitrogens is 1. The minimum atomic E-state index is -0.705. The Kier molecular flexibility index (Phi) is 5.47. The number of aromatic nitrogens is 1. The van der Waals surface area contributed by atoms with Crippen molar-refractivity contribution >= 4 is 38.5 Å². The Bertz CT molecular complexity index is 984. The molecule has 3 aromatic rings. The molecule has 3 rings (SSSR count). The van der Waals surface area contributed by atoms with Crippen LogP contribution in [-0.2, 0) is 0 Å². The molecular weight excluding hydrogens is 375 g/mol. The summed E-state index contributed by atoms with van der Waals surface area (Å²) in [6, 6.07) is 7.01. The van der Waals surface area contributed by atoms with Gasteiger partial charge in [-0.2, -0.15) is 0 Å². The predicted octanol–water partition coefficient (Wildman–Crippen LogP) is 2.12. The average Bonchev–Trinajstić information content (AvgIpc) is 3.25. The lowest BCUT2D eigenvalue weighted by atomic mass is 10.3. The van der Waals surface area contributed by atoms with Crippen molar-refractivity contribution in [2.75, 3.05) is 32.1 Å². The van der Waals surface area contributed by atoms with E-state index in [-0.39, 0.29) is 11.3 Å². The Labute approximate surface area is 158 Å². The Balaban J connectivity index is 1.94. The van der Waals surface area contributed by atoms with Crippen LogP contribution in [0.5, 0.6) is 0 Å². The second kappa shape index (κ2) is 7.80. The molecule has 0 aliphatic heterocycles. The van der Waals surface area contributed by atoms with E-state index in [1.807, 2.05) is 14.1 Å². The summed E-state index contributed by atoms with van der Waals surface area (Å²) in [5.74, 6) is -1.67. The van der Waals surface area contributed by atoms with Crippen molar-refractivity contribution < 1.29 is 23.4 Å². The molecule has 0 saturated heterocycles. The summed E-state index contributed by atoms with van der Waals surface area (Å²) in [5, 5.41) is 11.1. The fourth-order valence-electron chi connectivity index (χ4n) is 2.57. The van der Waals surface area contributed by atoms with Crippen molar-refractivity contribution in [3.8, 4) is 0 Å². The van der Waals surface area contributed by atoms with Crippen LogP contribution in [0.3, 0.4) is 0 Å². The predicted molar refractivity (Wildman–Crippen MR) is 98.9 cm³/mol. The number of amides is 1. The van der Waals surface area contributed by atoms with Crippen LogP contribution in [0.15, 0.2) is 34.7 Å². The molecular formula is C17H18FN4O4S+. The maximum absolute atomic E-state index is 14.0. The summed E-state index contributed by atoms with van der Waals surface area (Å²) in [6.07, 6.45) is 0.676. The van der Waals surface area contributed by atoms with Gasteiger partial charge < -0.3 is 9.32 Å². The molecule has 10 heteroatoms. The Morgan fingerprint density at radius 2 is 2.15 bits per heavy atom. The molecule has 0 atom stereocenters. The van der Waals surface area contributed by atoms with E-state index >= 15 is 0 Å². The molecule has 27 heavy (non-hydrogen) atoms. The van der Waals surface area contributed by atoms with Crippen LogP contribution in [0.1, 0.15) is 17.0 Å². The van der Waals surface area contributed by atoms with Gasteiger partial charge in [0.15, 0.2) is 10.9 Å². The molecule has 0 bridgehead atoms. The number of halogens is 1. The first-order valence-corrected chi connectivity index (χ1v) is 9.08. The van der Waals surface area contributed by atoms with Gasteiger partial charge in [0.25, 0.3) is 5.91 Å². The van der Waals surface area contributed by atoms with E-state index in [1.54, 1.807) is 12.1 Å². The van der Waals surface area contributed by atoms with Gasteiger partial charge in [-0.15, -0.1) is 0 Å². The van der Waals surface area contributed by atoms with Crippen molar-refractivity contribution in [1.29, 1.82) is 0 Å². The molecule has 2 heterocycles. The molecule has 8 nitrogen and oxygen atoms in total. The van der Waals surface area contributed by atoms with Gasteiger partial charge >= 0.3 is 5.88 Å². The largest absolute Gasteiger partial charge is 0.433 e. The fraction of sp³-hybridized carbons (Fsp3) is 0.294. The van der Waals surface area contributed by atoms with Gasteiger partial charge in [0.05, 0.1) is 31.4 Å². The maximum atomic E-state index is 14.0. The van der Waals surface area contributed by atoms with E-state index < -0.39 is 22.5 Å². The Morgan fingerprint density at radius 1 is 1.37 bits per heavy atom. The van der Waals surface area contributed by atoms with Crippen LogP contribution in [-0.4, -0.2) is 43.0 Å². The van der Waals surface area contributed by atoms with E-state index in [0.717, 1.165) is 12.6 Å². The number of carbonyl (C=O) groups is 1. The van der Waals surface area contributed by atoms with Crippen molar-refractivity contribution in [3.63, 3.8) is 0 Å². The molecule has 0 aliphatic carbocycles. The van der Waals surface area contributed by atoms with Gasteiger partial charge in [-0.3, -0.25) is 19.8 Å². The minimum absolute atomic E-state index is 0.154. The first kappa shape index (κ1) is 18.9. The summed E-state index contributed by atoms with van der Waals surface area (Å²) in [6.45, 7) is 1.14. The van der Waals surface area contributed by atoms with Crippen molar-refractivity contribution in [3.05, 3.63) is 52.0 Å². The van der Waals surface area contributed by atoms with Crippen LogP contribution in [0.4, 0.5) is 15.4 Å². The number of fused-ring (bicyclic) bond motifs is 1. The average molecular weight is 393 g/mol. The van der Waals surface area contributed by atoms with Gasteiger partial charge in [-0.05, 0) is 18.2 Å². The number of anilines is 1. The summed E-state index contributed by atoms with van der Waals surface area (Å²) < 4.78 is 19.6. The molecule has 0 unspecified atom stereocenters. The second-order valence-corrected chi connectivity index (χ2v) is 7.25. The van der Waals surface area contributed by atoms with E-state index in [9.17, 15) is 19.3 Å². The van der Waals surface area contributed by atoms with E-state index in [4.69, 9.17) is 4.42 Å². The standard InChI is InChI=1S/C17H17FN4O4S/c1-20(2)9-4-10-21(16(23)12-7-8-14(26-12)22(24)25)17-19-15-11(18)5-3-6-13(15)27-17/h3,5-8H,4,9-10H2,1-2H3/p+1. The number of furan rings is 1. The van der Waals surface area contributed by atoms with Crippen LogP contribution in [0, 0.1) is 15.9 Å². The highest BCUT2D eigenvalue weighted by atomic mass is 32.1. The number of rotatable bonds is 7. The van der Waals surface area contributed by atoms with Crippen LogP contribution in [0.25, 0.3) is 10.2 Å². The number of nitrogens with zero attached hydrogens (tertiary/aromatic N) is 3. The third-order valence-electron chi connectivity index (χ3n) is 3.88. The zero-order valence-electron chi connectivity index (χ0n) is 14.8. The maximum Gasteiger partial charge on any atom is 0.433 e. The number of nitro groups is 1.